The van der Waals surface area contributed by atoms with Gasteiger partial charge in [0.25, 0.3) is 5.91 Å². The van der Waals surface area contributed by atoms with Gasteiger partial charge in [-0.15, -0.1) is 0 Å². The highest BCUT2D eigenvalue weighted by Crippen LogP contribution is 2.04. The molecule has 0 aliphatic carbocycles. The Morgan fingerprint density at radius 1 is 1.40 bits per heavy atom. The van der Waals surface area contributed by atoms with Crippen LogP contribution in [0, 0.1) is 11.8 Å². The van der Waals surface area contributed by atoms with Crippen molar-refractivity contribution in [2.24, 2.45) is 7.05 Å². The lowest BCUT2D eigenvalue weighted by molar-refractivity contribution is 0.0951. The number of aromatic nitrogens is 2. The van der Waals surface area contributed by atoms with Gasteiger partial charge < -0.3 is 10.4 Å². The molecule has 0 aliphatic rings. The summed E-state index contributed by atoms with van der Waals surface area (Å²) in [5.74, 6) is 5.19. The van der Waals surface area contributed by atoms with E-state index >= 15 is 0 Å². The number of hydrogen-bond donors (Lipinski definition) is 2. The van der Waals surface area contributed by atoms with Crippen LogP contribution in [0.1, 0.15) is 21.5 Å². The molecule has 5 heteroatoms. The Morgan fingerprint density at radius 2 is 2.15 bits per heavy atom. The molecule has 1 amide bonds. The van der Waals surface area contributed by atoms with Gasteiger partial charge in [0.15, 0.2) is 0 Å². The molecule has 1 aromatic carbocycles. The third-order valence-electron chi connectivity index (χ3n) is 2.67. The van der Waals surface area contributed by atoms with Gasteiger partial charge in [0.1, 0.15) is 6.61 Å². The van der Waals surface area contributed by atoms with Crippen LogP contribution in [0.25, 0.3) is 0 Å². The van der Waals surface area contributed by atoms with Crippen LogP contribution in [-0.2, 0) is 13.6 Å². The SMILES string of the molecule is Cn1cc(CNC(=O)c2ccc(C#CCO)cc2)cn1. The van der Waals surface area contributed by atoms with Crippen LogP contribution in [0.15, 0.2) is 36.7 Å². The van der Waals surface area contributed by atoms with Gasteiger partial charge >= 0.3 is 0 Å². The van der Waals surface area contributed by atoms with E-state index in [0.29, 0.717) is 12.1 Å². The van der Waals surface area contributed by atoms with Crippen molar-refractivity contribution in [2.75, 3.05) is 6.61 Å². The second-order valence-corrected chi connectivity index (χ2v) is 4.24. The lowest BCUT2D eigenvalue weighted by Gasteiger charge is -2.03. The normalized spacial score (nSPS) is 9.70. The van der Waals surface area contributed by atoms with Crippen LogP contribution in [0.5, 0.6) is 0 Å². The topological polar surface area (TPSA) is 67.2 Å². The number of carbonyl (C=O) groups excluding carboxylic acids is 1. The maximum Gasteiger partial charge on any atom is 0.251 e. The number of amides is 1. The fourth-order valence-corrected chi connectivity index (χ4v) is 1.69. The third kappa shape index (κ3) is 3.70. The first-order chi connectivity index (χ1) is 9.69. The molecule has 1 heterocycles. The highest BCUT2D eigenvalue weighted by molar-refractivity contribution is 5.94. The van der Waals surface area contributed by atoms with E-state index in [0.717, 1.165) is 11.1 Å². The van der Waals surface area contributed by atoms with Gasteiger partial charge in [-0.2, -0.15) is 5.10 Å². The summed E-state index contributed by atoms with van der Waals surface area (Å²) in [6.07, 6.45) is 3.57. The Hall–Kier alpha value is -2.58. The van der Waals surface area contributed by atoms with E-state index in [-0.39, 0.29) is 12.5 Å². The van der Waals surface area contributed by atoms with Crippen LogP contribution in [0.2, 0.25) is 0 Å². The largest absolute Gasteiger partial charge is 0.384 e. The number of nitrogens with zero attached hydrogens (tertiary/aromatic N) is 2. The van der Waals surface area contributed by atoms with Gasteiger partial charge in [0.2, 0.25) is 0 Å². The number of rotatable bonds is 3. The Balaban J connectivity index is 1.95. The number of aliphatic hydroxyl groups excluding tert-OH is 1. The first-order valence-corrected chi connectivity index (χ1v) is 6.14. The van der Waals surface area contributed by atoms with E-state index in [1.807, 2.05) is 13.2 Å². The van der Waals surface area contributed by atoms with E-state index in [1.54, 1.807) is 35.1 Å². The molecule has 0 unspecified atom stereocenters. The zero-order chi connectivity index (χ0) is 14.4. The van der Waals surface area contributed by atoms with E-state index in [9.17, 15) is 4.79 Å². The van der Waals surface area contributed by atoms with Crippen LogP contribution in [0.4, 0.5) is 0 Å². The molecule has 0 spiro atoms. The van der Waals surface area contributed by atoms with Crippen molar-refractivity contribution < 1.29 is 9.90 Å². The lowest BCUT2D eigenvalue weighted by Crippen LogP contribution is -2.22. The second-order valence-electron chi connectivity index (χ2n) is 4.24. The van der Waals surface area contributed by atoms with Crippen LogP contribution < -0.4 is 5.32 Å². The predicted octanol–water partition coefficient (Wildman–Crippen LogP) is 0.694. The standard InChI is InChI=1S/C15H15N3O2/c1-18-11-13(10-17-18)9-16-15(20)14-6-4-12(5-7-14)3-2-8-19/h4-7,10-11,19H,8-9H2,1H3,(H,16,20). The highest BCUT2D eigenvalue weighted by Gasteiger charge is 2.05. The third-order valence-corrected chi connectivity index (χ3v) is 2.67. The van der Waals surface area contributed by atoms with E-state index in [2.05, 4.69) is 22.3 Å². The van der Waals surface area contributed by atoms with Crippen LogP contribution >= 0.6 is 0 Å². The molecule has 2 N–H and O–H groups in total. The Labute approximate surface area is 117 Å². The van der Waals surface area contributed by atoms with Crippen molar-refractivity contribution in [1.82, 2.24) is 15.1 Å². The highest BCUT2D eigenvalue weighted by atomic mass is 16.2. The van der Waals surface area contributed by atoms with Crippen molar-refractivity contribution in [1.29, 1.82) is 0 Å². The van der Waals surface area contributed by atoms with Crippen molar-refractivity contribution >= 4 is 5.91 Å². The summed E-state index contributed by atoms with van der Waals surface area (Å²) in [7, 11) is 1.83. The van der Waals surface area contributed by atoms with Crippen molar-refractivity contribution in [2.45, 2.75) is 6.54 Å². The molecule has 2 aromatic rings. The molecular formula is C15H15N3O2. The van der Waals surface area contributed by atoms with Gasteiger partial charge in [-0.05, 0) is 24.3 Å². The zero-order valence-corrected chi connectivity index (χ0v) is 11.1. The summed E-state index contributed by atoms with van der Waals surface area (Å²) >= 11 is 0. The summed E-state index contributed by atoms with van der Waals surface area (Å²) in [5.41, 5.74) is 2.29. The first kappa shape index (κ1) is 13.8. The molecule has 1 aromatic heterocycles. The molecule has 0 fully saturated rings. The molecule has 5 nitrogen and oxygen atoms in total. The molecular weight excluding hydrogens is 254 g/mol. The molecule has 20 heavy (non-hydrogen) atoms. The van der Waals surface area contributed by atoms with Crippen molar-refractivity contribution in [3.05, 3.63) is 53.3 Å². The lowest BCUT2D eigenvalue weighted by atomic mass is 10.1. The molecule has 0 saturated carbocycles. The van der Waals surface area contributed by atoms with E-state index in [4.69, 9.17) is 5.11 Å². The van der Waals surface area contributed by atoms with Gasteiger partial charge in [-0.25, -0.2) is 0 Å². The molecule has 102 valence electrons. The van der Waals surface area contributed by atoms with Crippen LogP contribution in [-0.4, -0.2) is 27.4 Å². The molecule has 0 bridgehead atoms. The average molecular weight is 269 g/mol. The minimum Gasteiger partial charge on any atom is -0.384 e. The Kier molecular flexibility index (Phi) is 4.53. The molecule has 0 atom stereocenters. The van der Waals surface area contributed by atoms with Gasteiger partial charge in [-0.1, -0.05) is 11.8 Å². The first-order valence-electron chi connectivity index (χ1n) is 6.14. The Bertz CT molecular complexity index is 648. The number of aryl methyl sites for hydroxylation is 1. The fourth-order valence-electron chi connectivity index (χ4n) is 1.69. The molecule has 0 aliphatic heterocycles. The number of aliphatic hydroxyl groups is 1. The summed E-state index contributed by atoms with van der Waals surface area (Å²) in [4.78, 5) is 11.9. The number of benzene rings is 1. The minimum absolute atomic E-state index is 0.143. The number of nitrogens with one attached hydrogen (secondary N) is 1. The average Bonchev–Trinajstić information content (AvgIpc) is 2.89. The van der Waals surface area contributed by atoms with Crippen molar-refractivity contribution in [3.63, 3.8) is 0 Å². The summed E-state index contributed by atoms with van der Waals surface area (Å²) in [6.45, 7) is 0.270. The monoisotopic (exact) mass is 269 g/mol. The summed E-state index contributed by atoms with van der Waals surface area (Å²) in [6, 6.07) is 6.92. The number of hydrogen-bond acceptors (Lipinski definition) is 3. The molecule has 0 radical (unpaired) electrons. The quantitative estimate of drug-likeness (QED) is 0.806. The Morgan fingerprint density at radius 3 is 2.75 bits per heavy atom. The van der Waals surface area contributed by atoms with E-state index < -0.39 is 0 Å². The van der Waals surface area contributed by atoms with Gasteiger partial charge in [0.05, 0.1) is 6.20 Å². The molecule has 2 rings (SSSR count). The van der Waals surface area contributed by atoms with Gasteiger partial charge in [-0.3, -0.25) is 9.48 Å². The zero-order valence-electron chi connectivity index (χ0n) is 11.1. The summed E-state index contributed by atoms with van der Waals surface area (Å²) in [5, 5.41) is 15.5. The maximum atomic E-state index is 11.9. The van der Waals surface area contributed by atoms with Crippen LogP contribution in [0.3, 0.4) is 0 Å². The van der Waals surface area contributed by atoms with Gasteiger partial charge in [0, 0.05) is 36.5 Å². The maximum absolute atomic E-state index is 11.9. The fraction of sp³-hybridized carbons (Fsp3) is 0.200. The smallest absolute Gasteiger partial charge is 0.251 e. The number of carbonyl (C=O) groups is 1. The van der Waals surface area contributed by atoms with Crippen molar-refractivity contribution in [3.8, 4) is 11.8 Å². The molecule has 0 saturated heterocycles. The summed E-state index contributed by atoms with van der Waals surface area (Å²) < 4.78 is 1.69. The predicted molar refractivity (Wildman–Crippen MR) is 74.8 cm³/mol. The minimum atomic E-state index is -0.173. The van der Waals surface area contributed by atoms with E-state index in [1.165, 1.54) is 0 Å². The second kappa shape index (κ2) is 6.55.